The van der Waals surface area contributed by atoms with E-state index in [0.717, 1.165) is 10.8 Å². The van der Waals surface area contributed by atoms with Gasteiger partial charge < -0.3 is 4.18 Å². The summed E-state index contributed by atoms with van der Waals surface area (Å²) < 4.78 is 22.0. The van der Waals surface area contributed by atoms with Gasteiger partial charge in [0.05, 0.1) is 0 Å². The third-order valence-electron chi connectivity index (χ3n) is 3.27. The lowest BCUT2D eigenvalue weighted by atomic mass is 10.1. The molecule has 0 radical (unpaired) electrons. The van der Waals surface area contributed by atoms with Crippen molar-refractivity contribution in [2.45, 2.75) is 0 Å². The van der Waals surface area contributed by atoms with Crippen LogP contribution in [0.3, 0.4) is 0 Å². The van der Waals surface area contributed by atoms with Crippen LogP contribution in [0.1, 0.15) is 10.4 Å². The van der Waals surface area contributed by atoms with Crippen molar-refractivity contribution in [3.8, 4) is 5.75 Å². The van der Waals surface area contributed by atoms with Crippen LogP contribution in [0.15, 0.2) is 72.8 Å². The van der Waals surface area contributed by atoms with Gasteiger partial charge in [-0.25, -0.2) is 0 Å². The minimum absolute atomic E-state index is 0.249. The first-order chi connectivity index (χ1) is 11.2. The largest absolute Gasteiger partial charge is 0.380 e. The van der Waals surface area contributed by atoms with Gasteiger partial charge in [0.2, 0.25) is 0 Å². The molecule has 0 bridgehead atoms. The molecule has 0 amide bonds. The van der Waals surface area contributed by atoms with Crippen molar-refractivity contribution in [2.75, 3.05) is 6.61 Å². The Morgan fingerprint density at radius 3 is 2.35 bits per heavy atom. The highest BCUT2D eigenvalue weighted by atomic mass is 32.2. The SMILES string of the molecule is O=C(COS(=O)Oc1ccc2ccccc2c1)c1ccccc1. The molecule has 116 valence electrons. The topological polar surface area (TPSA) is 52.6 Å². The van der Waals surface area contributed by atoms with Gasteiger partial charge in [0.15, 0.2) is 5.78 Å². The molecule has 3 rings (SSSR count). The molecule has 1 atom stereocenters. The monoisotopic (exact) mass is 326 g/mol. The van der Waals surface area contributed by atoms with E-state index in [4.69, 9.17) is 8.37 Å². The van der Waals surface area contributed by atoms with E-state index in [0.29, 0.717) is 11.3 Å². The molecule has 0 saturated heterocycles. The summed E-state index contributed by atoms with van der Waals surface area (Å²) in [5.41, 5.74) is 0.509. The Hall–Kier alpha value is -2.50. The number of rotatable bonds is 6. The minimum atomic E-state index is -2.03. The number of benzene rings is 3. The summed E-state index contributed by atoms with van der Waals surface area (Å²) in [4.78, 5) is 11.9. The van der Waals surface area contributed by atoms with Gasteiger partial charge >= 0.3 is 11.4 Å². The standard InChI is InChI=1S/C18H14O4S/c19-18(15-7-2-1-3-8-15)13-21-23(20)22-17-11-10-14-6-4-5-9-16(14)12-17/h1-12H,13H2. The number of hydrogen-bond acceptors (Lipinski definition) is 4. The van der Waals surface area contributed by atoms with Crippen molar-refractivity contribution in [1.82, 2.24) is 0 Å². The zero-order chi connectivity index (χ0) is 16.1. The first-order valence-corrected chi connectivity index (χ1v) is 8.03. The van der Waals surface area contributed by atoms with Gasteiger partial charge in [-0.1, -0.05) is 60.7 Å². The van der Waals surface area contributed by atoms with E-state index in [-0.39, 0.29) is 12.4 Å². The minimum Gasteiger partial charge on any atom is -0.380 e. The van der Waals surface area contributed by atoms with E-state index in [1.165, 1.54) is 0 Å². The van der Waals surface area contributed by atoms with Crippen molar-refractivity contribution >= 4 is 27.9 Å². The zero-order valence-corrected chi connectivity index (χ0v) is 13.0. The lowest BCUT2D eigenvalue weighted by molar-refractivity contribution is 0.0924. The molecule has 0 heterocycles. The van der Waals surface area contributed by atoms with E-state index in [9.17, 15) is 9.00 Å². The fourth-order valence-corrected chi connectivity index (χ4v) is 2.64. The Morgan fingerprint density at radius 2 is 1.57 bits per heavy atom. The van der Waals surface area contributed by atoms with Gasteiger partial charge in [-0.3, -0.25) is 8.98 Å². The highest BCUT2D eigenvalue weighted by Gasteiger charge is 2.10. The highest BCUT2D eigenvalue weighted by Crippen LogP contribution is 2.21. The third-order valence-corrected chi connectivity index (χ3v) is 3.91. The fourth-order valence-electron chi connectivity index (χ4n) is 2.13. The maximum absolute atomic E-state index is 11.9. The Bertz CT molecular complexity index is 846. The van der Waals surface area contributed by atoms with Gasteiger partial charge in [0.25, 0.3) is 0 Å². The Balaban J connectivity index is 1.59. The molecule has 3 aromatic carbocycles. The van der Waals surface area contributed by atoms with Crippen LogP contribution in [-0.4, -0.2) is 16.6 Å². The fraction of sp³-hybridized carbons (Fsp3) is 0.0556. The van der Waals surface area contributed by atoms with Crippen molar-refractivity contribution < 1.29 is 17.4 Å². The van der Waals surface area contributed by atoms with Crippen LogP contribution in [0.4, 0.5) is 0 Å². The second kappa shape index (κ2) is 7.17. The maximum atomic E-state index is 11.9. The molecule has 0 N–H and O–H groups in total. The smallest absolute Gasteiger partial charge is 0.360 e. The molecule has 0 spiro atoms. The summed E-state index contributed by atoms with van der Waals surface area (Å²) in [6, 6.07) is 21.8. The van der Waals surface area contributed by atoms with Gasteiger partial charge in [-0.15, -0.1) is 0 Å². The quantitative estimate of drug-likeness (QED) is 0.648. The molecule has 1 unspecified atom stereocenters. The summed E-state index contributed by atoms with van der Waals surface area (Å²) in [6.45, 7) is -0.301. The molecular weight excluding hydrogens is 312 g/mol. The summed E-state index contributed by atoms with van der Waals surface area (Å²) in [5, 5.41) is 2.04. The van der Waals surface area contributed by atoms with E-state index >= 15 is 0 Å². The van der Waals surface area contributed by atoms with Crippen molar-refractivity contribution in [2.24, 2.45) is 0 Å². The Kier molecular flexibility index (Phi) is 4.80. The lowest BCUT2D eigenvalue weighted by Crippen LogP contribution is -2.13. The predicted octanol–water partition coefficient (Wildman–Crippen LogP) is 3.70. The number of carbonyl (C=O) groups is 1. The van der Waals surface area contributed by atoms with Gasteiger partial charge in [-0.2, -0.15) is 4.21 Å². The summed E-state index contributed by atoms with van der Waals surface area (Å²) in [7, 11) is 0. The zero-order valence-electron chi connectivity index (χ0n) is 12.2. The van der Waals surface area contributed by atoms with Crippen LogP contribution in [-0.2, 0) is 15.5 Å². The van der Waals surface area contributed by atoms with Crippen LogP contribution >= 0.6 is 0 Å². The number of Topliss-reactive ketones (excluding diaryl/α,β-unsaturated/α-hetero) is 1. The molecule has 23 heavy (non-hydrogen) atoms. The van der Waals surface area contributed by atoms with Crippen molar-refractivity contribution in [3.05, 3.63) is 78.4 Å². The van der Waals surface area contributed by atoms with E-state index in [2.05, 4.69) is 0 Å². The number of hydrogen-bond donors (Lipinski definition) is 0. The molecule has 4 nitrogen and oxygen atoms in total. The molecule has 0 aliphatic carbocycles. The average molecular weight is 326 g/mol. The van der Waals surface area contributed by atoms with Gasteiger partial charge in [0, 0.05) is 5.56 Å². The number of fused-ring (bicyclic) bond motifs is 1. The molecule has 5 heteroatoms. The van der Waals surface area contributed by atoms with Crippen LogP contribution in [0.5, 0.6) is 5.75 Å². The van der Waals surface area contributed by atoms with Crippen LogP contribution in [0.2, 0.25) is 0 Å². The molecule has 0 aliphatic heterocycles. The van der Waals surface area contributed by atoms with E-state index in [1.54, 1.807) is 36.4 Å². The van der Waals surface area contributed by atoms with Gasteiger partial charge in [-0.05, 0) is 22.9 Å². The molecule has 0 aromatic heterocycles. The third kappa shape index (κ3) is 4.03. The number of carbonyl (C=O) groups excluding carboxylic acids is 1. The number of ketones is 1. The lowest BCUT2D eigenvalue weighted by Gasteiger charge is -2.06. The van der Waals surface area contributed by atoms with Crippen LogP contribution < -0.4 is 4.18 Å². The van der Waals surface area contributed by atoms with E-state index < -0.39 is 11.4 Å². The summed E-state index contributed by atoms with van der Waals surface area (Å²) in [5.74, 6) is 0.176. The molecule has 0 fully saturated rings. The first kappa shape index (κ1) is 15.4. The van der Waals surface area contributed by atoms with Crippen LogP contribution in [0, 0.1) is 0 Å². The molecule has 0 aliphatic rings. The van der Waals surface area contributed by atoms with Crippen molar-refractivity contribution in [1.29, 1.82) is 0 Å². The second-order valence-electron chi connectivity index (χ2n) is 4.85. The van der Waals surface area contributed by atoms with Gasteiger partial charge in [0.1, 0.15) is 12.4 Å². The summed E-state index contributed by atoms with van der Waals surface area (Å²) >= 11 is -2.03. The summed E-state index contributed by atoms with van der Waals surface area (Å²) in [6.07, 6.45) is 0. The highest BCUT2D eigenvalue weighted by molar-refractivity contribution is 7.75. The normalized spacial score (nSPS) is 12.0. The Labute approximate surface area is 136 Å². The van der Waals surface area contributed by atoms with E-state index in [1.807, 2.05) is 36.4 Å². The Morgan fingerprint density at radius 1 is 0.870 bits per heavy atom. The molecule has 0 saturated carbocycles. The maximum Gasteiger partial charge on any atom is 0.360 e. The molecular formula is C18H14O4S. The molecule has 3 aromatic rings. The predicted molar refractivity (Wildman–Crippen MR) is 89.4 cm³/mol. The second-order valence-corrected chi connectivity index (χ2v) is 5.66. The average Bonchev–Trinajstić information content (AvgIpc) is 2.60. The first-order valence-electron chi connectivity index (χ1n) is 7.03. The van der Waals surface area contributed by atoms with Crippen LogP contribution in [0.25, 0.3) is 10.8 Å². The van der Waals surface area contributed by atoms with Crippen molar-refractivity contribution in [3.63, 3.8) is 0 Å².